The molecule has 0 atom stereocenters. The molecule has 0 amide bonds. The van der Waals surface area contributed by atoms with Crippen molar-refractivity contribution in [1.82, 2.24) is 0 Å². The minimum absolute atomic E-state index is 0.0267. The topological polar surface area (TPSA) is 130 Å². The second-order valence-corrected chi connectivity index (χ2v) is 5.43. The summed E-state index contributed by atoms with van der Waals surface area (Å²) in [4.78, 5) is 12.8. The molecule has 26 heavy (non-hydrogen) atoms. The van der Waals surface area contributed by atoms with E-state index in [2.05, 4.69) is 0 Å². The van der Waals surface area contributed by atoms with Crippen molar-refractivity contribution in [3.05, 3.63) is 40.1 Å². The summed E-state index contributed by atoms with van der Waals surface area (Å²) in [5.74, 6) is -1.09. The van der Waals surface area contributed by atoms with Gasteiger partial charge < -0.3 is 34.3 Å². The molecule has 2 aromatic carbocycles. The number of methoxy groups -OCH3 is 2. The minimum atomic E-state index is -0.678. The summed E-state index contributed by atoms with van der Waals surface area (Å²) < 4.78 is 15.9. The molecule has 0 spiro atoms. The molecule has 0 aliphatic rings. The Balaban J connectivity index is 2.39. The number of hydrogen-bond donors (Lipinski definition) is 4. The Morgan fingerprint density at radius 3 is 2.38 bits per heavy atom. The van der Waals surface area contributed by atoms with E-state index in [1.54, 1.807) is 0 Å². The van der Waals surface area contributed by atoms with Crippen molar-refractivity contribution in [2.45, 2.75) is 6.61 Å². The molecular formula is C18H16O8. The van der Waals surface area contributed by atoms with E-state index in [0.717, 1.165) is 6.07 Å². The third kappa shape index (κ3) is 2.56. The predicted molar refractivity (Wildman–Crippen MR) is 91.9 cm³/mol. The van der Waals surface area contributed by atoms with Crippen LogP contribution in [0.5, 0.6) is 28.7 Å². The van der Waals surface area contributed by atoms with Crippen LogP contribution in [-0.4, -0.2) is 34.6 Å². The van der Waals surface area contributed by atoms with Gasteiger partial charge in [-0.1, -0.05) is 0 Å². The smallest absolute Gasteiger partial charge is 0.239 e. The predicted octanol–water partition coefficient (Wildman–Crippen LogP) is 2.09. The SMILES string of the molecule is COc1cc(-c2oc3cc(O)c(CO)c(O)c3c(=O)c2OC)ccc1O. The highest BCUT2D eigenvalue weighted by atomic mass is 16.5. The van der Waals surface area contributed by atoms with Crippen molar-refractivity contribution in [2.75, 3.05) is 14.2 Å². The van der Waals surface area contributed by atoms with Gasteiger partial charge >= 0.3 is 0 Å². The molecule has 0 aliphatic heterocycles. The number of aliphatic hydroxyl groups excluding tert-OH is 1. The van der Waals surface area contributed by atoms with Gasteiger partial charge in [0.2, 0.25) is 11.2 Å². The molecule has 0 saturated heterocycles. The fourth-order valence-electron chi connectivity index (χ4n) is 2.70. The third-order valence-corrected chi connectivity index (χ3v) is 4.00. The zero-order chi connectivity index (χ0) is 19.0. The lowest BCUT2D eigenvalue weighted by Gasteiger charge is -2.13. The number of hydrogen-bond acceptors (Lipinski definition) is 8. The van der Waals surface area contributed by atoms with Gasteiger partial charge in [-0.15, -0.1) is 0 Å². The summed E-state index contributed by atoms with van der Waals surface area (Å²) in [7, 11) is 2.64. The van der Waals surface area contributed by atoms with Gasteiger partial charge in [0.1, 0.15) is 22.5 Å². The van der Waals surface area contributed by atoms with E-state index in [4.69, 9.17) is 13.9 Å². The van der Waals surface area contributed by atoms with Crippen LogP contribution in [0.15, 0.2) is 33.5 Å². The quantitative estimate of drug-likeness (QED) is 0.556. The number of phenols is 3. The first-order valence-electron chi connectivity index (χ1n) is 7.49. The first kappa shape index (κ1) is 17.4. The Labute approximate surface area is 147 Å². The highest BCUT2D eigenvalue weighted by Gasteiger charge is 2.23. The summed E-state index contributed by atoms with van der Waals surface area (Å²) in [5, 5.41) is 38.9. The number of rotatable bonds is 4. The molecule has 0 saturated carbocycles. The summed E-state index contributed by atoms with van der Waals surface area (Å²) in [6.45, 7) is -0.660. The minimum Gasteiger partial charge on any atom is -0.507 e. The average molecular weight is 360 g/mol. The van der Waals surface area contributed by atoms with E-state index in [1.807, 2.05) is 0 Å². The van der Waals surface area contributed by atoms with Crippen molar-refractivity contribution in [1.29, 1.82) is 0 Å². The Hall–Kier alpha value is -3.39. The van der Waals surface area contributed by atoms with E-state index >= 15 is 0 Å². The van der Waals surface area contributed by atoms with Gasteiger partial charge in [0.15, 0.2) is 17.3 Å². The van der Waals surface area contributed by atoms with Crippen molar-refractivity contribution in [3.8, 4) is 40.1 Å². The van der Waals surface area contributed by atoms with Gasteiger partial charge in [0.25, 0.3) is 0 Å². The zero-order valence-electron chi connectivity index (χ0n) is 13.9. The monoisotopic (exact) mass is 360 g/mol. The third-order valence-electron chi connectivity index (χ3n) is 4.00. The molecule has 136 valence electrons. The maximum atomic E-state index is 12.8. The molecule has 1 heterocycles. The van der Waals surface area contributed by atoms with E-state index in [0.29, 0.717) is 5.56 Å². The van der Waals surface area contributed by atoms with Crippen molar-refractivity contribution < 1.29 is 34.3 Å². The molecule has 4 N–H and O–H groups in total. The lowest BCUT2D eigenvalue weighted by molar-refractivity contribution is 0.269. The molecule has 3 rings (SSSR count). The first-order valence-corrected chi connectivity index (χ1v) is 7.49. The van der Waals surface area contributed by atoms with Crippen molar-refractivity contribution in [3.63, 3.8) is 0 Å². The fourth-order valence-corrected chi connectivity index (χ4v) is 2.70. The van der Waals surface area contributed by atoms with E-state index < -0.39 is 23.5 Å². The molecule has 0 aliphatic carbocycles. The second-order valence-electron chi connectivity index (χ2n) is 5.43. The van der Waals surface area contributed by atoms with Crippen LogP contribution in [0.4, 0.5) is 0 Å². The van der Waals surface area contributed by atoms with E-state index in [-0.39, 0.29) is 39.5 Å². The van der Waals surface area contributed by atoms with Gasteiger partial charge in [-0.2, -0.15) is 0 Å². The van der Waals surface area contributed by atoms with Gasteiger partial charge in [-0.05, 0) is 18.2 Å². The Morgan fingerprint density at radius 2 is 1.77 bits per heavy atom. The molecule has 3 aromatic rings. The highest BCUT2D eigenvalue weighted by Crippen LogP contribution is 2.40. The summed E-state index contributed by atoms with van der Waals surface area (Å²) >= 11 is 0. The first-order chi connectivity index (χ1) is 12.4. The lowest BCUT2D eigenvalue weighted by Crippen LogP contribution is -2.08. The average Bonchev–Trinajstić information content (AvgIpc) is 2.61. The Bertz CT molecular complexity index is 1050. The molecule has 1 aromatic heterocycles. The maximum Gasteiger partial charge on any atom is 0.239 e. The molecule has 8 nitrogen and oxygen atoms in total. The molecule has 8 heteroatoms. The van der Waals surface area contributed by atoms with Crippen molar-refractivity contribution in [2.24, 2.45) is 0 Å². The van der Waals surface area contributed by atoms with Gasteiger partial charge in [-0.25, -0.2) is 0 Å². The normalized spacial score (nSPS) is 10.9. The molecular weight excluding hydrogens is 344 g/mol. The van der Waals surface area contributed by atoms with Gasteiger partial charge in [0.05, 0.1) is 26.4 Å². The zero-order valence-corrected chi connectivity index (χ0v) is 13.9. The summed E-state index contributed by atoms with van der Waals surface area (Å²) in [6.07, 6.45) is 0. The van der Waals surface area contributed by atoms with Crippen LogP contribution >= 0.6 is 0 Å². The van der Waals surface area contributed by atoms with E-state index in [9.17, 15) is 25.2 Å². The fraction of sp³-hybridized carbons (Fsp3) is 0.167. The Morgan fingerprint density at radius 1 is 1.04 bits per heavy atom. The molecule has 0 unspecified atom stereocenters. The number of ether oxygens (including phenoxy) is 2. The van der Waals surface area contributed by atoms with Crippen LogP contribution in [0.1, 0.15) is 5.56 Å². The van der Waals surface area contributed by atoms with Crippen LogP contribution < -0.4 is 14.9 Å². The van der Waals surface area contributed by atoms with Crippen LogP contribution in [0.3, 0.4) is 0 Å². The van der Waals surface area contributed by atoms with Crippen LogP contribution in [0, 0.1) is 0 Å². The summed E-state index contributed by atoms with van der Waals surface area (Å²) in [6, 6.07) is 5.43. The van der Waals surface area contributed by atoms with Gasteiger partial charge in [-0.3, -0.25) is 4.79 Å². The van der Waals surface area contributed by atoms with Crippen LogP contribution in [0.2, 0.25) is 0 Å². The summed E-state index contributed by atoms with van der Waals surface area (Å²) in [5.41, 5.74) is -0.584. The lowest BCUT2D eigenvalue weighted by atomic mass is 10.1. The molecule has 0 bridgehead atoms. The number of fused-ring (bicyclic) bond motifs is 1. The standard InChI is InChI=1S/C18H16O8/c1-24-12-5-8(3-4-10(12)20)17-18(25-2)16(23)14-13(26-17)6-11(21)9(7-19)15(14)22/h3-6,19-22H,7H2,1-2H3. The number of aromatic hydroxyl groups is 3. The number of benzene rings is 2. The largest absolute Gasteiger partial charge is 0.507 e. The number of aliphatic hydroxyl groups is 1. The molecule has 0 radical (unpaired) electrons. The van der Waals surface area contributed by atoms with Crippen LogP contribution in [-0.2, 0) is 6.61 Å². The molecule has 0 fully saturated rings. The Kier molecular flexibility index (Phi) is 4.35. The highest BCUT2D eigenvalue weighted by molar-refractivity contribution is 5.90. The number of phenolic OH excluding ortho intramolecular Hbond substituents is 1. The second kappa shape index (κ2) is 6.49. The van der Waals surface area contributed by atoms with Crippen molar-refractivity contribution >= 4 is 11.0 Å². The van der Waals surface area contributed by atoms with Gasteiger partial charge in [0, 0.05) is 11.6 Å². The van der Waals surface area contributed by atoms with Crippen LogP contribution in [0.25, 0.3) is 22.3 Å². The van der Waals surface area contributed by atoms with E-state index in [1.165, 1.54) is 32.4 Å². The maximum absolute atomic E-state index is 12.8.